The van der Waals surface area contributed by atoms with E-state index in [1.807, 2.05) is 0 Å². The fourth-order valence-corrected chi connectivity index (χ4v) is 6.10. The summed E-state index contributed by atoms with van der Waals surface area (Å²) in [7, 11) is 1.30. The third kappa shape index (κ3) is 3.68. The lowest BCUT2D eigenvalue weighted by Gasteiger charge is -2.57. The molecule has 1 aromatic carbocycles. The molecule has 9 nitrogen and oxygen atoms in total. The molecule has 1 N–H and O–H groups in total. The number of esters is 1. The standard InChI is InChI=1S/C22H24N4O5/c1-30-21(27)16-2-4-17(5-3-16)31-20-18(26(28)29)19(23-12-24-20)25-22-9-13-6-14(10-22)8-15(7-13)11-22/h2-5,12-15H,6-11H2,1H3,(H,23,24,25). The number of hydrogen-bond donors (Lipinski definition) is 1. The second-order valence-corrected chi connectivity index (χ2v) is 9.07. The van der Waals surface area contributed by atoms with E-state index in [1.54, 1.807) is 12.1 Å². The molecule has 0 unspecified atom stereocenters. The van der Waals surface area contributed by atoms with Gasteiger partial charge in [0.1, 0.15) is 12.1 Å². The first-order valence-electron chi connectivity index (χ1n) is 10.6. The summed E-state index contributed by atoms with van der Waals surface area (Å²) in [5.74, 6) is 2.04. The van der Waals surface area contributed by atoms with Crippen molar-refractivity contribution in [2.45, 2.75) is 44.1 Å². The minimum Gasteiger partial charge on any atom is -0.465 e. The summed E-state index contributed by atoms with van der Waals surface area (Å²) in [4.78, 5) is 31.3. The third-order valence-corrected chi connectivity index (χ3v) is 6.88. The van der Waals surface area contributed by atoms with Gasteiger partial charge in [0.25, 0.3) is 0 Å². The van der Waals surface area contributed by atoms with Gasteiger partial charge in [-0.3, -0.25) is 10.1 Å². The van der Waals surface area contributed by atoms with E-state index in [0.717, 1.165) is 19.3 Å². The molecule has 6 rings (SSSR count). The number of methoxy groups -OCH3 is 1. The maximum absolute atomic E-state index is 11.9. The number of carbonyl (C=O) groups excluding carboxylic acids is 1. The van der Waals surface area contributed by atoms with Crippen LogP contribution in [0.5, 0.6) is 11.6 Å². The molecule has 31 heavy (non-hydrogen) atoms. The fraction of sp³-hybridized carbons (Fsp3) is 0.500. The van der Waals surface area contributed by atoms with Crippen LogP contribution >= 0.6 is 0 Å². The molecule has 0 aliphatic heterocycles. The Morgan fingerprint density at radius 3 is 2.26 bits per heavy atom. The predicted octanol–water partition coefficient (Wildman–Crippen LogP) is 4.34. The molecule has 4 bridgehead atoms. The molecule has 4 aliphatic carbocycles. The van der Waals surface area contributed by atoms with Crippen molar-refractivity contribution in [2.24, 2.45) is 17.8 Å². The van der Waals surface area contributed by atoms with Gasteiger partial charge in [0, 0.05) is 5.54 Å². The Morgan fingerprint density at radius 1 is 1.10 bits per heavy atom. The van der Waals surface area contributed by atoms with Gasteiger partial charge in [0.05, 0.1) is 17.6 Å². The van der Waals surface area contributed by atoms with Gasteiger partial charge in [-0.25, -0.2) is 9.78 Å². The zero-order valence-corrected chi connectivity index (χ0v) is 17.2. The molecular weight excluding hydrogens is 400 g/mol. The molecule has 0 spiro atoms. The lowest BCUT2D eigenvalue weighted by Crippen LogP contribution is -2.55. The number of hydrogen-bond acceptors (Lipinski definition) is 8. The topological polar surface area (TPSA) is 116 Å². The van der Waals surface area contributed by atoms with Crippen LogP contribution in [0.2, 0.25) is 0 Å². The van der Waals surface area contributed by atoms with Crippen LogP contribution in [0.25, 0.3) is 0 Å². The zero-order valence-electron chi connectivity index (χ0n) is 17.2. The van der Waals surface area contributed by atoms with Crippen LogP contribution in [0.1, 0.15) is 48.9 Å². The average molecular weight is 424 g/mol. The van der Waals surface area contributed by atoms with Crippen LogP contribution < -0.4 is 10.1 Å². The van der Waals surface area contributed by atoms with Gasteiger partial charge in [-0.15, -0.1) is 0 Å². The first-order valence-corrected chi connectivity index (χ1v) is 10.6. The van der Waals surface area contributed by atoms with Crippen molar-refractivity contribution in [1.82, 2.24) is 9.97 Å². The summed E-state index contributed by atoms with van der Waals surface area (Å²) in [5, 5.41) is 15.4. The van der Waals surface area contributed by atoms with Crippen LogP contribution in [-0.2, 0) is 4.74 Å². The van der Waals surface area contributed by atoms with Gasteiger partial charge in [-0.1, -0.05) is 0 Å². The lowest BCUT2D eigenvalue weighted by molar-refractivity contribution is -0.385. The Balaban J connectivity index is 1.42. The molecule has 4 fully saturated rings. The van der Waals surface area contributed by atoms with E-state index in [4.69, 9.17) is 4.74 Å². The lowest BCUT2D eigenvalue weighted by atomic mass is 9.53. The number of nitrogens with zero attached hydrogens (tertiary/aromatic N) is 3. The first kappa shape index (κ1) is 19.7. The zero-order chi connectivity index (χ0) is 21.6. The van der Waals surface area contributed by atoms with Gasteiger partial charge in [0.15, 0.2) is 0 Å². The van der Waals surface area contributed by atoms with Crippen molar-refractivity contribution in [3.05, 3.63) is 46.3 Å². The number of ether oxygens (including phenoxy) is 2. The van der Waals surface area contributed by atoms with E-state index in [1.165, 1.54) is 44.8 Å². The van der Waals surface area contributed by atoms with Crippen molar-refractivity contribution < 1.29 is 19.2 Å². The number of nitrogens with one attached hydrogen (secondary N) is 1. The summed E-state index contributed by atoms with van der Waals surface area (Å²) < 4.78 is 10.4. The maximum Gasteiger partial charge on any atom is 0.373 e. The summed E-state index contributed by atoms with van der Waals surface area (Å²) in [6, 6.07) is 6.15. The van der Waals surface area contributed by atoms with Gasteiger partial charge in [-0.05, 0) is 80.5 Å². The fourth-order valence-electron chi connectivity index (χ4n) is 6.10. The van der Waals surface area contributed by atoms with Crippen molar-refractivity contribution in [1.29, 1.82) is 0 Å². The molecular formula is C22H24N4O5. The molecule has 162 valence electrons. The van der Waals surface area contributed by atoms with E-state index in [9.17, 15) is 14.9 Å². The molecule has 0 atom stereocenters. The Morgan fingerprint density at radius 2 is 1.71 bits per heavy atom. The number of rotatable bonds is 6. The van der Waals surface area contributed by atoms with Gasteiger partial charge >= 0.3 is 17.5 Å². The number of anilines is 1. The average Bonchev–Trinajstić information content (AvgIpc) is 2.72. The normalized spacial score (nSPS) is 28.2. The Hall–Kier alpha value is -3.23. The Bertz CT molecular complexity index is 988. The monoisotopic (exact) mass is 424 g/mol. The van der Waals surface area contributed by atoms with Crippen molar-refractivity contribution in [3.63, 3.8) is 0 Å². The van der Waals surface area contributed by atoms with Gasteiger partial charge in [0.2, 0.25) is 5.82 Å². The second kappa shape index (κ2) is 7.47. The number of carbonyl (C=O) groups is 1. The Labute approximate surface area is 179 Å². The largest absolute Gasteiger partial charge is 0.465 e. The number of benzene rings is 1. The van der Waals surface area contributed by atoms with E-state index >= 15 is 0 Å². The van der Waals surface area contributed by atoms with Crippen molar-refractivity contribution >= 4 is 17.5 Å². The molecule has 9 heteroatoms. The summed E-state index contributed by atoms with van der Waals surface area (Å²) in [6.45, 7) is 0. The van der Waals surface area contributed by atoms with Crippen LogP contribution in [0.4, 0.5) is 11.5 Å². The van der Waals surface area contributed by atoms with Crippen LogP contribution in [0.15, 0.2) is 30.6 Å². The molecule has 0 radical (unpaired) electrons. The molecule has 1 heterocycles. The SMILES string of the molecule is COC(=O)c1ccc(Oc2ncnc(NC34CC5CC(CC(C5)C3)C4)c2[N+](=O)[O-])cc1. The van der Waals surface area contributed by atoms with Gasteiger partial charge in [-0.2, -0.15) is 4.98 Å². The van der Waals surface area contributed by atoms with Gasteiger partial charge < -0.3 is 14.8 Å². The van der Waals surface area contributed by atoms with Crippen LogP contribution in [0.3, 0.4) is 0 Å². The molecule has 0 saturated heterocycles. The van der Waals surface area contributed by atoms with E-state index in [2.05, 4.69) is 20.0 Å². The molecule has 4 aliphatic rings. The maximum atomic E-state index is 11.9. The van der Waals surface area contributed by atoms with E-state index in [0.29, 0.717) is 29.1 Å². The quantitative estimate of drug-likeness (QED) is 0.413. The van der Waals surface area contributed by atoms with E-state index in [-0.39, 0.29) is 22.9 Å². The highest BCUT2D eigenvalue weighted by Gasteiger charge is 2.51. The van der Waals surface area contributed by atoms with Crippen LogP contribution in [0, 0.1) is 27.9 Å². The highest BCUT2D eigenvalue weighted by atomic mass is 16.6. The molecule has 0 amide bonds. The van der Waals surface area contributed by atoms with Crippen molar-refractivity contribution in [3.8, 4) is 11.6 Å². The highest BCUT2D eigenvalue weighted by molar-refractivity contribution is 5.89. The van der Waals surface area contributed by atoms with E-state index < -0.39 is 10.9 Å². The Kier molecular flexibility index (Phi) is 4.75. The number of aromatic nitrogens is 2. The van der Waals surface area contributed by atoms with Crippen molar-refractivity contribution in [2.75, 3.05) is 12.4 Å². The summed E-state index contributed by atoms with van der Waals surface area (Å²) >= 11 is 0. The predicted molar refractivity (Wildman–Crippen MR) is 111 cm³/mol. The minimum absolute atomic E-state index is 0.127. The molecule has 1 aromatic heterocycles. The summed E-state index contributed by atoms with van der Waals surface area (Å²) in [5.41, 5.74) is -0.0423. The van der Waals surface area contributed by atoms with Crippen LogP contribution in [-0.4, -0.2) is 33.5 Å². The smallest absolute Gasteiger partial charge is 0.373 e. The second-order valence-electron chi connectivity index (χ2n) is 9.07. The molecule has 4 saturated carbocycles. The minimum atomic E-state index is -0.499. The molecule has 2 aromatic rings. The highest BCUT2D eigenvalue weighted by Crippen LogP contribution is 2.57. The summed E-state index contributed by atoms with van der Waals surface area (Å²) in [6.07, 6.45) is 8.23. The number of nitro groups is 1. The third-order valence-electron chi connectivity index (χ3n) is 6.88. The first-order chi connectivity index (χ1) is 14.9.